The van der Waals surface area contributed by atoms with Gasteiger partial charge in [-0.2, -0.15) is 0 Å². The fraction of sp³-hybridized carbons (Fsp3) is 0.389. The van der Waals surface area contributed by atoms with Crippen LogP contribution >= 0.6 is 15.9 Å². The average molecular weight is 441 g/mol. The van der Waals surface area contributed by atoms with E-state index in [2.05, 4.69) is 41.8 Å². The molecular formula is C18H25BrN4O2S. The molecule has 0 aliphatic rings. The number of rotatable bonds is 6. The van der Waals surface area contributed by atoms with Crippen molar-refractivity contribution in [2.75, 3.05) is 20.4 Å². The number of benzene rings is 1. The van der Waals surface area contributed by atoms with Crippen molar-refractivity contribution in [3.63, 3.8) is 0 Å². The predicted molar refractivity (Wildman–Crippen MR) is 110 cm³/mol. The van der Waals surface area contributed by atoms with Gasteiger partial charge in [0.1, 0.15) is 0 Å². The van der Waals surface area contributed by atoms with Crippen LogP contribution in [0.2, 0.25) is 0 Å². The Bertz CT molecular complexity index is 873. The van der Waals surface area contributed by atoms with Gasteiger partial charge in [0.25, 0.3) is 0 Å². The van der Waals surface area contributed by atoms with E-state index in [0.717, 1.165) is 28.1 Å². The maximum atomic E-state index is 11.4. The van der Waals surface area contributed by atoms with Gasteiger partial charge in [-0.1, -0.05) is 24.3 Å². The minimum Gasteiger partial charge on any atom is -0.352 e. The second-order valence-corrected chi connectivity index (χ2v) is 9.46. The van der Waals surface area contributed by atoms with Crippen LogP contribution in [0, 0.1) is 0 Å². The van der Waals surface area contributed by atoms with Crippen LogP contribution in [-0.2, 0) is 35.7 Å². The summed E-state index contributed by atoms with van der Waals surface area (Å²) in [4.78, 5) is 6.39. The number of sulfone groups is 1. The highest BCUT2D eigenvalue weighted by molar-refractivity contribution is 9.10. The van der Waals surface area contributed by atoms with Crippen LogP contribution in [0.3, 0.4) is 0 Å². The molecule has 8 heteroatoms. The Morgan fingerprint density at radius 2 is 1.88 bits per heavy atom. The number of hydrogen-bond donors (Lipinski definition) is 1. The monoisotopic (exact) mass is 440 g/mol. The average Bonchev–Trinajstić information content (AvgIpc) is 2.85. The Balaban J connectivity index is 1.94. The molecule has 0 atom stereocenters. The number of halogens is 1. The number of nitrogens with one attached hydrogen (secondary N) is 1. The summed E-state index contributed by atoms with van der Waals surface area (Å²) in [7, 11) is 2.76. The zero-order valence-corrected chi connectivity index (χ0v) is 17.9. The molecule has 1 heterocycles. The fourth-order valence-electron chi connectivity index (χ4n) is 2.66. The molecule has 1 aromatic carbocycles. The highest BCUT2D eigenvalue weighted by Gasteiger charge is 2.10. The van der Waals surface area contributed by atoms with E-state index < -0.39 is 9.84 Å². The predicted octanol–water partition coefficient (Wildman–Crippen LogP) is 2.54. The van der Waals surface area contributed by atoms with Crippen molar-refractivity contribution >= 4 is 31.7 Å². The number of guanidine groups is 1. The van der Waals surface area contributed by atoms with Gasteiger partial charge < -0.3 is 14.8 Å². The third kappa shape index (κ3) is 6.17. The van der Waals surface area contributed by atoms with E-state index >= 15 is 0 Å². The summed E-state index contributed by atoms with van der Waals surface area (Å²) in [6, 6.07) is 9.67. The first-order chi connectivity index (χ1) is 12.2. The van der Waals surface area contributed by atoms with E-state index in [1.807, 2.05) is 44.6 Å². The second-order valence-electron chi connectivity index (χ2n) is 6.40. The Morgan fingerprint density at radius 3 is 2.38 bits per heavy atom. The summed E-state index contributed by atoms with van der Waals surface area (Å²) in [6.45, 7) is 1.35. The van der Waals surface area contributed by atoms with E-state index in [1.54, 1.807) is 7.05 Å². The van der Waals surface area contributed by atoms with Gasteiger partial charge in [-0.3, -0.25) is 4.99 Å². The maximum Gasteiger partial charge on any atom is 0.194 e. The maximum absolute atomic E-state index is 11.4. The second kappa shape index (κ2) is 8.73. The van der Waals surface area contributed by atoms with Crippen molar-refractivity contribution in [1.29, 1.82) is 0 Å². The molecule has 0 unspecified atom stereocenters. The first-order valence-corrected chi connectivity index (χ1v) is 11.0. The zero-order chi connectivity index (χ0) is 19.3. The van der Waals surface area contributed by atoms with Gasteiger partial charge in [0.05, 0.1) is 12.3 Å². The highest BCUT2D eigenvalue weighted by atomic mass is 79.9. The largest absolute Gasteiger partial charge is 0.352 e. The number of aromatic nitrogens is 1. The quantitative estimate of drug-likeness (QED) is 0.553. The Hall–Kier alpha value is -1.80. The molecule has 1 aromatic heterocycles. The fourth-order valence-corrected chi connectivity index (χ4v) is 4.03. The lowest BCUT2D eigenvalue weighted by atomic mass is 10.1. The minimum atomic E-state index is -3.01. The van der Waals surface area contributed by atoms with Crippen molar-refractivity contribution in [3.05, 3.63) is 57.8 Å². The van der Waals surface area contributed by atoms with Gasteiger partial charge in [-0.05, 0) is 33.1 Å². The molecule has 0 saturated carbocycles. The number of aryl methyl sites for hydroxylation is 1. The number of aliphatic imine (C=N–C) groups is 1. The molecule has 1 N–H and O–H groups in total. The molecule has 0 saturated heterocycles. The summed E-state index contributed by atoms with van der Waals surface area (Å²) in [6.07, 6.45) is 3.27. The molecule has 2 rings (SSSR count). The van der Waals surface area contributed by atoms with Crippen LogP contribution in [0.4, 0.5) is 0 Å². The molecule has 0 amide bonds. The molecule has 0 aliphatic carbocycles. The van der Waals surface area contributed by atoms with E-state index in [1.165, 1.54) is 11.9 Å². The third-order valence-corrected chi connectivity index (χ3v) is 5.24. The van der Waals surface area contributed by atoms with Crippen LogP contribution in [0.5, 0.6) is 0 Å². The van der Waals surface area contributed by atoms with Crippen molar-refractivity contribution in [2.24, 2.45) is 12.0 Å². The van der Waals surface area contributed by atoms with Crippen molar-refractivity contribution in [3.8, 4) is 0 Å². The van der Waals surface area contributed by atoms with Crippen molar-refractivity contribution < 1.29 is 8.42 Å². The molecule has 0 spiro atoms. The molecular weight excluding hydrogens is 416 g/mol. The lowest BCUT2D eigenvalue weighted by Gasteiger charge is -2.22. The van der Waals surface area contributed by atoms with Gasteiger partial charge in [-0.25, -0.2) is 8.42 Å². The SMILES string of the molecule is CN=C(NCc1ccc(CS(C)(=O)=O)cc1)N(C)Cc1cc(Br)cn1C. The summed E-state index contributed by atoms with van der Waals surface area (Å²) in [5.74, 6) is 0.861. The van der Waals surface area contributed by atoms with Crippen molar-refractivity contribution in [1.82, 2.24) is 14.8 Å². The zero-order valence-electron chi connectivity index (χ0n) is 15.5. The molecule has 0 fully saturated rings. The Morgan fingerprint density at radius 1 is 1.27 bits per heavy atom. The topological polar surface area (TPSA) is 66.7 Å². The van der Waals surface area contributed by atoms with Gasteiger partial charge in [0.2, 0.25) is 0 Å². The normalized spacial score (nSPS) is 12.3. The number of nitrogens with zero attached hydrogens (tertiary/aromatic N) is 3. The van der Waals surface area contributed by atoms with E-state index in [4.69, 9.17) is 0 Å². The summed E-state index contributed by atoms with van der Waals surface area (Å²) in [5, 5.41) is 3.34. The lowest BCUT2D eigenvalue weighted by Crippen LogP contribution is -2.38. The van der Waals surface area contributed by atoms with E-state index in [-0.39, 0.29) is 5.75 Å². The highest BCUT2D eigenvalue weighted by Crippen LogP contribution is 2.15. The summed E-state index contributed by atoms with van der Waals surface area (Å²) < 4.78 is 25.8. The lowest BCUT2D eigenvalue weighted by molar-refractivity contribution is 0.461. The Labute approximate surface area is 164 Å². The van der Waals surface area contributed by atoms with Crippen LogP contribution in [0.15, 0.2) is 46.0 Å². The first-order valence-electron chi connectivity index (χ1n) is 8.16. The smallest absolute Gasteiger partial charge is 0.194 e. The Kier molecular flexibility index (Phi) is 6.88. The standard InChI is InChI=1S/C18H25BrN4O2S/c1-20-18(23(3)12-17-9-16(19)11-22(17)2)21-10-14-5-7-15(8-6-14)13-26(4,24)25/h5-9,11H,10,12-13H2,1-4H3,(H,20,21). The van der Waals surface area contributed by atoms with E-state index in [0.29, 0.717) is 6.54 Å². The van der Waals surface area contributed by atoms with E-state index in [9.17, 15) is 8.42 Å². The van der Waals surface area contributed by atoms with Crippen LogP contribution < -0.4 is 5.32 Å². The van der Waals surface area contributed by atoms with Gasteiger partial charge in [-0.15, -0.1) is 0 Å². The number of hydrogen-bond acceptors (Lipinski definition) is 3. The first kappa shape index (κ1) is 20.5. The van der Waals surface area contributed by atoms with Gasteiger partial charge in [0.15, 0.2) is 15.8 Å². The van der Waals surface area contributed by atoms with Crippen LogP contribution in [0.25, 0.3) is 0 Å². The third-order valence-electron chi connectivity index (χ3n) is 3.95. The molecule has 6 nitrogen and oxygen atoms in total. The van der Waals surface area contributed by atoms with Crippen LogP contribution in [-0.4, -0.2) is 44.2 Å². The summed E-state index contributed by atoms with van der Waals surface area (Å²) in [5.41, 5.74) is 3.04. The molecule has 0 aliphatic heterocycles. The summed E-state index contributed by atoms with van der Waals surface area (Å²) >= 11 is 3.49. The minimum absolute atomic E-state index is 0.0668. The van der Waals surface area contributed by atoms with Crippen molar-refractivity contribution in [2.45, 2.75) is 18.8 Å². The molecule has 2 aromatic rings. The van der Waals surface area contributed by atoms with Gasteiger partial charge >= 0.3 is 0 Å². The molecule has 26 heavy (non-hydrogen) atoms. The molecule has 0 bridgehead atoms. The van der Waals surface area contributed by atoms with Crippen LogP contribution in [0.1, 0.15) is 16.8 Å². The molecule has 142 valence electrons. The molecule has 0 radical (unpaired) electrons. The van der Waals surface area contributed by atoms with Gasteiger partial charge in [0, 0.05) is 50.3 Å².